The number of fused-ring (bicyclic) bond motifs is 1. The molecule has 8 nitrogen and oxygen atoms in total. The molecule has 0 saturated carbocycles. The normalized spacial score (nSPS) is 12.5. The average Bonchev–Trinajstić information content (AvgIpc) is 3.00. The molecule has 128 valence electrons. The molecule has 0 radical (unpaired) electrons. The molecule has 2 N–H and O–H groups in total. The predicted molar refractivity (Wildman–Crippen MR) is 86.5 cm³/mol. The maximum Gasteiger partial charge on any atom is 0.337 e. The number of benzene rings is 2. The number of carboxylic acids is 1. The smallest absolute Gasteiger partial charge is 0.337 e. The van der Waals surface area contributed by atoms with Crippen molar-refractivity contribution in [2.24, 2.45) is 0 Å². The van der Waals surface area contributed by atoms with E-state index < -0.39 is 16.0 Å². The monoisotopic (exact) mass is 380 g/mol. The van der Waals surface area contributed by atoms with Crippen molar-refractivity contribution in [2.75, 3.05) is 11.5 Å². The Morgan fingerprint density at radius 3 is 2.52 bits per heavy atom. The van der Waals surface area contributed by atoms with Crippen molar-refractivity contribution in [1.82, 2.24) is 0 Å². The molecule has 0 bridgehead atoms. The summed E-state index contributed by atoms with van der Waals surface area (Å²) in [6, 6.07) is 7.79. The van der Waals surface area contributed by atoms with Crippen LogP contribution in [0.1, 0.15) is 15.9 Å². The van der Waals surface area contributed by atoms with Gasteiger partial charge in [0.2, 0.25) is 6.79 Å². The van der Waals surface area contributed by atoms with Gasteiger partial charge < -0.3 is 14.6 Å². The van der Waals surface area contributed by atoms with Gasteiger partial charge in [-0.25, -0.2) is 13.2 Å². The van der Waals surface area contributed by atoms with Crippen LogP contribution in [-0.4, -0.2) is 26.3 Å². The van der Waals surface area contributed by atoms with Crippen LogP contribution in [0.15, 0.2) is 35.2 Å². The van der Waals surface area contributed by atoms with Gasteiger partial charge in [0.25, 0.3) is 10.0 Å². The van der Waals surface area contributed by atoms with Crippen molar-refractivity contribution in [2.45, 2.75) is 4.90 Å². The highest BCUT2D eigenvalue weighted by Crippen LogP contribution is 2.38. The van der Waals surface area contributed by atoms with E-state index >= 15 is 0 Å². The molecule has 0 aliphatic carbocycles. The number of carbonyl (C=O) groups is 1. The summed E-state index contributed by atoms with van der Waals surface area (Å²) in [5.74, 6) is -0.906. The lowest BCUT2D eigenvalue weighted by molar-refractivity contribution is 0.0697. The molecule has 0 aromatic heterocycles. The largest absolute Gasteiger partial charge is 0.478 e. The fourth-order valence-corrected chi connectivity index (χ4v) is 3.54. The highest BCUT2D eigenvalue weighted by molar-refractivity contribution is 7.92. The van der Waals surface area contributed by atoms with E-state index in [1.807, 2.05) is 6.07 Å². The van der Waals surface area contributed by atoms with Crippen molar-refractivity contribution in [3.8, 4) is 17.6 Å². The maximum atomic E-state index is 12.5. The zero-order valence-electron chi connectivity index (χ0n) is 12.3. The number of aromatic carboxylic acids is 1. The van der Waals surface area contributed by atoms with Crippen molar-refractivity contribution < 1.29 is 27.8 Å². The number of hydrogen-bond donors (Lipinski definition) is 2. The Bertz CT molecular complexity index is 1030. The highest BCUT2D eigenvalue weighted by atomic mass is 35.5. The molecular weight excluding hydrogens is 372 g/mol. The number of hydrogen-bond acceptors (Lipinski definition) is 6. The first-order chi connectivity index (χ1) is 11.8. The summed E-state index contributed by atoms with van der Waals surface area (Å²) in [7, 11) is -4.14. The zero-order chi connectivity index (χ0) is 18.2. The summed E-state index contributed by atoms with van der Waals surface area (Å²) in [5.41, 5.74) is -0.361. The first-order valence-electron chi connectivity index (χ1n) is 6.71. The standard InChI is InChI=1S/C15H9ClN2O6S/c16-11-3-9(2-1-8(11)6-17)25(21,22)18-12-5-14-13(23-7-24-14)4-10(12)15(19)20/h1-5,18H,7H2,(H,19,20). The second kappa shape index (κ2) is 6.16. The van der Waals surface area contributed by atoms with Gasteiger partial charge >= 0.3 is 5.97 Å². The molecule has 1 heterocycles. The molecule has 3 rings (SSSR count). The SMILES string of the molecule is N#Cc1ccc(S(=O)(=O)Nc2cc3c(cc2C(=O)O)OCO3)cc1Cl. The Morgan fingerprint density at radius 2 is 1.92 bits per heavy atom. The van der Waals surface area contributed by atoms with E-state index in [2.05, 4.69) is 4.72 Å². The number of nitriles is 1. The van der Waals surface area contributed by atoms with Crippen LogP contribution in [0, 0.1) is 11.3 Å². The van der Waals surface area contributed by atoms with Crippen LogP contribution in [0.25, 0.3) is 0 Å². The Balaban J connectivity index is 2.03. The molecule has 10 heteroatoms. The fraction of sp³-hybridized carbons (Fsp3) is 0.0667. The molecule has 1 aliphatic rings. The summed E-state index contributed by atoms with van der Waals surface area (Å²) in [4.78, 5) is 11.2. The lowest BCUT2D eigenvalue weighted by atomic mass is 10.1. The molecule has 2 aromatic carbocycles. The van der Waals surface area contributed by atoms with E-state index in [1.165, 1.54) is 24.3 Å². The number of halogens is 1. The average molecular weight is 381 g/mol. The fourth-order valence-electron chi connectivity index (χ4n) is 2.16. The van der Waals surface area contributed by atoms with Crippen molar-refractivity contribution in [3.05, 3.63) is 46.5 Å². The minimum absolute atomic E-state index is 0.0329. The van der Waals surface area contributed by atoms with E-state index in [0.717, 1.165) is 6.07 Å². The number of nitrogens with zero attached hydrogens (tertiary/aromatic N) is 1. The molecule has 0 saturated heterocycles. The minimum atomic E-state index is -4.14. The second-order valence-corrected chi connectivity index (χ2v) is 7.00. The van der Waals surface area contributed by atoms with Crippen LogP contribution in [0.4, 0.5) is 5.69 Å². The molecule has 0 spiro atoms. The Kier molecular flexibility index (Phi) is 4.16. The third-order valence-electron chi connectivity index (χ3n) is 3.36. The molecule has 0 atom stereocenters. The number of anilines is 1. The zero-order valence-corrected chi connectivity index (χ0v) is 13.9. The summed E-state index contributed by atoms with van der Waals surface area (Å²) in [5, 5.41) is 18.1. The van der Waals surface area contributed by atoms with Crippen LogP contribution in [0.5, 0.6) is 11.5 Å². The number of rotatable bonds is 4. The van der Waals surface area contributed by atoms with Crippen LogP contribution < -0.4 is 14.2 Å². The third kappa shape index (κ3) is 3.17. The van der Waals surface area contributed by atoms with Gasteiger partial charge in [0, 0.05) is 12.1 Å². The van der Waals surface area contributed by atoms with Crippen molar-refractivity contribution >= 4 is 33.3 Å². The summed E-state index contributed by atoms with van der Waals surface area (Å²) in [6.07, 6.45) is 0. The molecule has 0 unspecified atom stereocenters. The third-order valence-corrected chi connectivity index (χ3v) is 5.03. The van der Waals surface area contributed by atoms with Gasteiger partial charge in [0.15, 0.2) is 11.5 Å². The van der Waals surface area contributed by atoms with Gasteiger partial charge in [-0.15, -0.1) is 0 Å². The van der Waals surface area contributed by atoms with Gasteiger partial charge in [-0.1, -0.05) is 11.6 Å². The number of ether oxygens (including phenoxy) is 2. The van der Waals surface area contributed by atoms with Crippen molar-refractivity contribution in [1.29, 1.82) is 5.26 Å². The number of carboxylic acid groups (broad SMARTS) is 1. The van der Waals surface area contributed by atoms with E-state index in [4.69, 9.17) is 26.3 Å². The van der Waals surface area contributed by atoms with Gasteiger partial charge in [0.1, 0.15) is 6.07 Å². The van der Waals surface area contributed by atoms with Crippen LogP contribution in [0.3, 0.4) is 0 Å². The lowest BCUT2D eigenvalue weighted by Gasteiger charge is -2.12. The minimum Gasteiger partial charge on any atom is -0.478 e. The Hall–Kier alpha value is -2.96. The Labute approximate surface area is 147 Å². The highest BCUT2D eigenvalue weighted by Gasteiger charge is 2.24. The Morgan fingerprint density at radius 1 is 1.24 bits per heavy atom. The van der Waals surface area contributed by atoms with E-state index in [9.17, 15) is 18.3 Å². The summed E-state index contributed by atoms with van der Waals surface area (Å²) >= 11 is 5.85. The molecule has 25 heavy (non-hydrogen) atoms. The maximum absolute atomic E-state index is 12.5. The topological polar surface area (TPSA) is 126 Å². The van der Waals surface area contributed by atoms with Gasteiger partial charge in [-0.05, 0) is 18.2 Å². The van der Waals surface area contributed by atoms with Crippen LogP contribution in [0.2, 0.25) is 5.02 Å². The second-order valence-electron chi connectivity index (χ2n) is 4.92. The molecule has 2 aromatic rings. The van der Waals surface area contributed by atoms with E-state index in [-0.39, 0.29) is 45.0 Å². The first kappa shape index (κ1) is 16.9. The molecule has 0 fully saturated rings. The van der Waals surface area contributed by atoms with Crippen molar-refractivity contribution in [3.63, 3.8) is 0 Å². The molecule has 0 amide bonds. The number of nitrogens with one attached hydrogen (secondary N) is 1. The van der Waals surface area contributed by atoms with Gasteiger partial charge in [-0.2, -0.15) is 5.26 Å². The van der Waals surface area contributed by atoms with Crippen LogP contribution >= 0.6 is 11.6 Å². The quantitative estimate of drug-likeness (QED) is 0.834. The molecule has 1 aliphatic heterocycles. The summed E-state index contributed by atoms with van der Waals surface area (Å²) in [6.45, 7) is -0.0875. The lowest BCUT2D eigenvalue weighted by Crippen LogP contribution is -2.15. The predicted octanol–water partition coefficient (Wildman–Crippen LogP) is 2.44. The van der Waals surface area contributed by atoms with Crippen LogP contribution in [-0.2, 0) is 10.0 Å². The molecular formula is C15H9ClN2O6S. The first-order valence-corrected chi connectivity index (χ1v) is 8.57. The van der Waals surface area contributed by atoms with Gasteiger partial charge in [-0.3, -0.25) is 4.72 Å². The summed E-state index contributed by atoms with van der Waals surface area (Å²) < 4.78 is 37.4. The van der Waals surface area contributed by atoms with E-state index in [0.29, 0.717) is 0 Å². The number of sulfonamides is 1. The van der Waals surface area contributed by atoms with E-state index in [1.54, 1.807) is 0 Å². The van der Waals surface area contributed by atoms with Gasteiger partial charge in [0.05, 0.1) is 26.7 Å².